The van der Waals surface area contributed by atoms with Gasteiger partial charge < -0.3 is 16.4 Å². The molecule has 0 aromatic heterocycles. The minimum Gasteiger partial charge on any atom is -0.354 e. The lowest BCUT2D eigenvalue weighted by Crippen LogP contribution is -2.36. The first-order valence-electron chi connectivity index (χ1n) is 7.93. The molecular weight excluding hydrogens is 278 g/mol. The zero-order valence-electron chi connectivity index (χ0n) is 13.1. The Balaban J connectivity index is 1.63. The van der Waals surface area contributed by atoms with E-state index >= 15 is 0 Å². The van der Waals surface area contributed by atoms with Crippen molar-refractivity contribution in [1.29, 1.82) is 0 Å². The number of aryl methyl sites for hydroxylation is 1. The molecule has 0 aliphatic heterocycles. The van der Waals surface area contributed by atoms with E-state index in [-0.39, 0.29) is 17.9 Å². The Kier molecular flexibility index (Phi) is 5.95. The topological polar surface area (TPSA) is 84.2 Å². The first kappa shape index (κ1) is 16.5. The molecule has 5 nitrogen and oxygen atoms in total. The average Bonchev–Trinajstić information content (AvgIpc) is 2.89. The summed E-state index contributed by atoms with van der Waals surface area (Å²) in [5, 5.41) is 5.63. The van der Waals surface area contributed by atoms with Crippen molar-refractivity contribution >= 4 is 11.8 Å². The first-order valence-corrected chi connectivity index (χ1v) is 7.93. The second-order valence-corrected chi connectivity index (χ2v) is 6.03. The average molecular weight is 303 g/mol. The smallest absolute Gasteiger partial charge is 0.251 e. The second-order valence-electron chi connectivity index (χ2n) is 6.03. The number of nitrogens with one attached hydrogen (secondary N) is 2. The van der Waals surface area contributed by atoms with E-state index in [0.29, 0.717) is 31.0 Å². The van der Waals surface area contributed by atoms with Gasteiger partial charge in [0.2, 0.25) is 5.91 Å². The van der Waals surface area contributed by atoms with Gasteiger partial charge in [0.15, 0.2) is 0 Å². The maximum absolute atomic E-state index is 11.9. The van der Waals surface area contributed by atoms with E-state index < -0.39 is 0 Å². The Bertz CT molecular complexity index is 513. The third kappa shape index (κ3) is 4.84. The standard InChI is InChI=1S/C17H25N3O2/c1-12-5-7-13(8-6-12)17(22)20-10-9-19-16(21)11-14-3-2-4-15(14)18/h5-8,14-15H,2-4,9-11,18H2,1H3,(H,19,21)(H,20,22)/t14-,15+/m0/s1. The maximum Gasteiger partial charge on any atom is 0.251 e. The van der Waals surface area contributed by atoms with Crippen molar-refractivity contribution in [1.82, 2.24) is 10.6 Å². The van der Waals surface area contributed by atoms with E-state index in [9.17, 15) is 9.59 Å². The van der Waals surface area contributed by atoms with Crippen molar-refractivity contribution in [3.05, 3.63) is 35.4 Å². The molecule has 120 valence electrons. The summed E-state index contributed by atoms with van der Waals surface area (Å²) < 4.78 is 0. The minimum absolute atomic E-state index is 0.0203. The van der Waals surface area contributed by atoms with E-state index in [1.54, 1.807) is 12.1 Å². The maximum atomic E-state index is 11.9. The van der Waals surface area contributed by atoms with Crippen LogP contribution in [0.2, 0.25) is 0 Å². The van der Waals surface area contributed by atoms with Crippen LogP contribution in [0, 0.1) is 12.8 Å². The van der Waals surface area contributed by atoms with Gasteiger partial charge in [-0.3, -0.25) is 9.59 Å². The SMILES string of the molecule is Cc1ccc(C(=O)NCCNC(=O)C[C@@H]2CCC[C@H]2N)cc1. The highest BCUT2D eigenvalue weighted by molar-refractivity contribution is 5.94. The third-order valence-corrected chi connectivity index (χ3v) is 4.21. The van der Waals surface area contributed by atoms with E-state index in [0.717, 1.165) is 24.8 Å². The fourth-order valence-electron chi connectivity index (χ4n) is 2.81. The van der Waals surface area contributed by atoms with Crippen LogP contribution >= 0.6 is 0 Å². The van der Waals surface area contributed by atoms with Gasteiger partial charge in [0.1, 0.15) is 0 Å². The normalized spacial score (nSPS) is 20.6. The van der Waals surface area contributed by atoms with Gasteiger partial charge >= 0.3 is 0 Å². The molecule has 5 heteroatoms. The molecule has 4 N–H and O–H groups in total. The Morgan fingerprint density at radius 2 is 1.82 bits per heavy atom. The molecule has 1 fully saturated rings. The fraction of sp³-hybridized carbons (Fsp3) is 0.529. The number of rotatable bonds is 6. The Hall–Kier alpha value is -1.88. The van der Waals surface area contributed by atoms with Crippen LogP contribution in [0.1, 0.15) is 41.6 Å². The van der Waals surface area contributed by atoms with Crippen molar-refractivity contribution in [2.24, 2.45) is 11.7 Å². The number of benzene rings is 1. The van der Waals surface area contributed by atoms with E-state index in [1.807, 2.05) is 19.1 Å². The van der Waals surface area contributed by atoms with E-state index in [2.05, 4.69) is 10.6 Å². The van der Waals surface area contributed by atoms with Crippen LogP contribution in [0.5, 0.6) is 0 Å². The molecule has 0 bridgehead atoms. The summed E-state index contributed by atoms with van der Waals surface area (Å²) >= 11 is 0. The fourth-order valence-corrected chi connectivity index (χ4v) is 2.81. The van der Waals surface area contributed by atoms with Gasteiger partial charge in [-0.05, 0) is 37.8 Å². The molecule has 1 aromatic carbocycles. The van der Waals surface area contributed by atoms with Gasteiger partial charge in [-0.1, -0.05) is 24.1 Å². The van der Waals surface area contributed by atoms with Crippen LogP contribution < -0.4 is 16.4 Å². The summed E-state index contributed by atoms with van der Waals surface area (Å²) in [6.45, 7) is 2.85. The van der Waals surface area contributed by atoms with Crippen LogP contribution in [0.15, 0.2) is 24.3 Å². The minimum atomic E-state index is -0.118. The number of carbonyl (C=O) groups excluding carboxylic acids is 2. The van der Waals surface area contributed by atoms with Crippen LogP contribution in [-0.4, -0.2) is 30.9 Å². The molecule has 2 amide bonds. The molecule has 0 heterocycles. The summed E-state index contributed by atoms with van der Waals surface area (Å²) in [5.41, 5.74) is 7.71. The highest BCUT2D eigenvalue weighted by Crippen LogP contribution is 2.26. The molecule has 22 heavy (non-hydrogen) atoms. The Morgan fingerprint density at radius 1 is 1.14 bits per heavy atom. The number of carbonyl (C=O) groups is 2. The number of hydrogen-bond donors (Lipinski definition) is 3. The van der Waals surface area contributed by atoms with Crippen molar-refractivity contribution < 1.29 is 9.59 Å². The summed E-state index contributed by atoms with van der Waals surface area (Å²) in [6, 6.07) is 7.56. The second kappa shape index (κ2) is 7.94. The molecule has 0 saturated heterocycles. The van der Waals surface area contributed by atoms with E-state index in [1.165, 1.54) is 0 Å². The molecule has 1 aliphatic carbocycles. The predicted molar refractivity (Wildman–Crippen MR) is 86.5 cm³/mol. The van der Waals surface area contributed by atoms with Crippen LogP contribution in [0.25, 0.3) is 0 Å². The molecule has 1 aliphatic rings. The van der Waals surface area contributed by atoms with Crippen molar-refractivity contribution in [2.75, 3.05) is 13.1 Å². The van der Waals surface area contributed by atoms with Crippen molar-refractivity contribution in [2.45, 2.75) is 38.6 Å². The summed E-state index contributed by atoms with van der Waals surface area (Å²) in [6.07, 6.45) is 3.67. The summed E-state index contributed by atoms with van der Waals surface area (Å²) in [4.78, 5) is 23.7. The lowest BCUT2D eigenvalue weighted by atomic mass is 10.00. The van der Waals surface area contributed by atoms with Gasteiger partial charge in [0.25, 0.3) is 5.91 Å². The lowest BCUT2D eigenvalue weighted by Gasteiger charge is -2.14. The molecule has 1 aromatic rings. The molecule has 0 radical (unpaired) electrons. The van der Waals surface area contributed by atoms with Crippen LogP contribution in [0.4, 0.5) is 0 Å². The molecule has 0 unspecified atom stereocenters. The van der Waals surface area contributed by atoms with Gasteiger partial charge in [-0.2, -0.15) is 0 Å². The van der Waals surface area contributed by atoms with Crippen molar-refractivity contribution in [3.63, 3.8) is 0 Å². The molecule has 2 atom stereocenters. The molecule has 2 rings (SSSR count). The Morgan fingerprint density at radius 3 is 2.45 bits per heavy atom. The van der Waals surface area contributed by atoms with Gasteiger partial charge in [0.05, 0.1) is 0 Å². The van der Waals surface area contributed by atoms with Gasteiger partial charge in [-0.25, -0.2) is 0 Å². The molecular formula is C17H25N3O2. The largest absolute Gasteiger partial charge is 0.354 e. The van der Waals surface area contributed by atoms with Crippen molar-refractivity contribution in [3.8, 4) is 0 Å². The molecule has 1 saturated carbocycles. The van der Waals surface area contributed by atoms with Gasteiger partial charge in [0, 0.05) is 31.1 Å². The van der Waals surface area contributed by atoms with Crippen LogP contribution in [-0.2, 0) is 4.79 Å². The third-order valence-electron chi connectivity index (χ3n) is 4.21. The number of amides is 2. The van der Waals surface area contributed by atoms with Crippen LogP contribution in [0.3, 0.4) is 0 Å². The lowest BCUT2D eigenvalue weighted by molar-refractivity contribution is -0.122. The number of nitrogens with two attached hydrogens (primary N) is 1. The summed E-state index contributed by atoms with van der Waals surface area (Å²) in [5.74, 6) is 0.209. The zero-order chi connectivity index (χ0) is 15.9. The monoisotopic (exact) mass is 303 g/mol. The highest BCUT2D eigenvalue weighted by atomic mass is 16.2. The van der Waals surface area contributed by atoms with E-state index in [4.69, 9.17) is 5.73 Å². The number of hydrogen-bond acceptors (Lipinski definition) is 3. The Labute approximate surface area is 131 Å². The highest BCUT2D eigenvalue weighted by Gasteiger charge is 2.25. The first-order chi connectivity index (χ1) is 10.6. The summed E-state index contributed by atoms with van der Waals surface area (Å²) in [7, 11) is 0. The predicted octanol–water partition coefficient (Wildman–Crippen LogP) is 1.36. The molecule has 0 spiro atoms. The van der Waals surface area contributed by atoms with Gasteiger partial charge in [-0.15, -0.1) is 0 Å². The quantitative estimate of drug-likeness (QED) is 0.694. The zero-order valence-corrected chi connectivity index (χ0v) is 13.1.